The number of nitrogens with zero attached hydrogens (tertiary/aromatic N) is 1. The van der Waals surface area contributed by atoms with Gasteiger partial charge in [0.1, 0.15) is 5.75 Å². The lowest BCUT2D eigenvalue weighted by Gasteiger charge is -2.39. The SMILES string of the molecule is COc1ccc(C(CN)N(C)C2CCCC(C)C2)cc1. The van der Waals surface area contributed by atoms with Crippen LogP contribution in [0.4, 0.5) is 0 Å². The fourth-order valence-corrected chi connectivity index (χ4v) is 3.39. The van der Waals surface area contributed by atoms with Crippen LogP contribution in [0.2, 0.25) is 0 Å². The molecule has 1 aromatic rings. The first-order valence-corrected chi connectivity index (χ1v) is 7.71. The highest BCUT2D eigenvalue weighted by molar-refractivity contribution is 5.29. The molecule has 0 heterocycles. The van der Waals surface area contributed by atoms with E-state index in [0.29, 0.717) is 18.6 Å². The second-order valence-electron chi connectivity index (χ2n) is 6.12. The Morgan fingerprint density at radius 3 is 2.55 bits per heavy atom. The molecule has 1 aliphatic rings. The summed E-state index contributed by atoms with van der Waals surface area (Å²) in [5.41, 5.74) is 7.33. The molecule has 0 aliphatic heterocycles. The van der Waals surface area contributed by atoms with Gasteiger partial charge in [-0.05, 0) is 43.5 Å². The molecule has 0 amide bonds. The van der Waals surface area contributed by atoms with Gasteiger partial charge < -0.3 is 10.5 Å². The number of benzene rings is 1. The number of hydrogen-bond donors (Lipinski definition) is 1. The molecular formula is C17H28N2O. The highest BCUT2D eigenvalue weighted by atomic mass is 16.5. The van der Waals surface area contributed by atoms with Crippen molar-refractivity contribution in [2.75, 3.05) is 20.7 Å². The zero-order valence-corrected chi connectivity index (χ0v) is 13.0. The first kappa shape index (κ1) is 15.3. The van der Waals surface area contributed by atoms with Gasteiger partial charge in [-0.1, -0.05) is 31.9 Å². The lowest BCUT2D eigenvalue weighted by molar-refractivity contribution is 0.121. The maximum atomic E-state index is 6.04. The molecule has 2 N–H and O–H groups in total. The molecule has 1 saturated carbocycles. The van der Waals surface area contributed by atoms with E-state index in [1.807, 2.05) is 12.1 Å². The van der Waals surface area contributed by atoms with Gasteiger partial charge in [-0.25, -0.2) is 0 Å². The van der Waals surface area contributed by atoms with Crippen molar-refractivity contribution in [1.29, 1.82) is 0 Å². The molecule has 1 aromatic carbocycles. The Hall–Kier alpha value is -1.06. The van der Waals surface area contributed by atoms with Crippen LogP contribution in [0.5, 0.6) is 5.75 Å². The van der Waals surface area contributed by atoms with E-state index in [0.717, 1.165) is 11.7 Å². The van der Waals surface area contributed by atoms with E-state index in [1.54, 1.807) is 7.11 Å². The molecule has 2 rings (SSSR count). The summed E-state index contributed by atoms with van der Waals surface area (Å²) in [4.78, 5) is 2.48. The number of rotatable bonds is 5. The molecule has 0 radical (unpaired) electrons. The Balaban J connectivity index is 2.09. The monoisotopic (exact) mass is 276 g/mol. The van der Waals surface area contributed by atoms with Crippen molar-refractivity contribution in [3.63, 3.8) is 0 Å². The van der Waals surface area contributed by atoms with Gasteiger partial charge in [0.25, 0.3) is 0 Å². The number of nitrogens with two attached hydrogens (primary N) is 1. The predicted octanol–water partition coefficient (Wildman–Crippen LogP) is 3.21. The number of hydrogen-bond acceptors (Lipinski definition) is 3. The molecule has 1 fully saturated rings. The molecule has 0 saturated heterocycles. The van der Waals surface area contributed by atoms with Crippen LogP contribution in [0.25, 0.3) is 0 Å². The van der Waals surface area contributed by atoms with Gasteiger partial charge in [0.15, 0.2) is 0 Å². The quantitative estimate of drug-likeness (QED) is 0.897. The maximum Gasteiger partial charge on any atom is 0.118 e. The Bertz CT molecular complexity index is 404. The summed E-state index contributed by atoms with van der Waals surface area (Å²) in [5, 5.41) is 0. The Morgan fingerprint density at radius 1 is 1.30 bits per heavy atom. The molecule has 0 bridgehead atoms. The molecule has 3 unspecified atom stereocenters. The molecule has 3 heteroatoms. The molecule has 3 atom stereocenters. The average molecular weight is 276 g/mol. The maximum absolute atomic E-state index is 6.04. The molecule has 0 aromatic heterocycles. The molecule has 20 heavy (non-hydrogen) atoms. The third-order valence-electron chi connectivity index (χ3n) is 4.70. The first-order valence-electron chi connectivity index (χ1n) is 7.71. The summed E-state index contributed by atoms with van der Waals surface area (Å²) in [6.07, 6.45) is 5.31. The largest absolute Gasteiger partial charge is 0.497 e. The van der Waals surface area contributed by atoms with Crippen LogP contribution in [0, 0.1) is 5.92 Å². The number of methoxy groups -OCH3 is 1. The van der Waals surface area contributed by atoms with E-state index >= 15 is 0 Å². The summed E-state index contributed by atoms with van der Waals surface area (Å²) in [6, 6.07) is 9.29. The van der Waals surface area contributed by atoms with Gasteiger partial charge in [0.05, 0.1) is 7.11 Å². The van der Waals surface area contributed by atoms with Gasteiger partial charge in [-0.15, -0.1) is 0 Å². The second-order valence-corrected chi connectivity index (χ2v) is 6.12. The molecule has 3 nitrogen and oxygen atoms in total. The van der Waals surface area contributed by atoms with Crippen molar-refractivity contribution in [2.24, 2.45) is 11.7 Å². The highest BCUT2D eigenvalue weighted by Crippen LogP contribution is 2.31. The molecule has 112 valence electrons. The Morgan fingerprint density at radius 2 is 2.00 bits per heavy atom. The second kappa shape index (κ2) is 7.09. The number of likely N-dealkylation sites (N-methyl/N-ethyl adjacent to an activating group) is 1. The fraction of sp³-hybridized carbons (Fsp3) is 0.647. The van der Waals surface area contributed by atoms with Gasteiger partial charge in [0.2, 0.25) is 0 Å². The standard InChI is InChI=1S/C17H28N2O/c1-13-5-4-6-15(11-13)19(2)17(12-18)14-7-9-16(20-3)10-8-14/h7-10,13,15,17H,4-6,11-12,18H2,1-3H3. The Kier molecular flexibility index (Phi) is 5.44. The molecule has 1 aliphatic carbocycles. The normalized spacial score (nSPS) is 24.6. The van der Waals surface area contributed by atoms with Crippen molar-refractivity contribution in [3.05, 3.63) is 29.8 Å². The number of ether oxygens (including phenoxy) is 1. The van der Waals surface area contributed by atoms with Gasteiger partial charge in [-0.3, -0.25) is 4.90 Å². The predicted molar refractivity (Wildman–Crippen MR) is 84.0 cm³/mol. The van der Waals surface area contributed by atoms with Crippen LogP contribution in [0.1, 0.15) is 44.2 Å². The van der Waals surface area contributed by atoms with Gasteiger partial charge in [0, 0.05) is 18.6 Å². The van der Waals surface area contributed by atoms with Crippen molar-refractivity contribution < 1.29 is 4.74 Å². The van der Waals surface area contributed by atoms with E-state index < -0.39 is 0 Å². The van der Waals surface area contributed by atoms with Gasteiger partial charge in [-0.2, -0.15) is 0 Å². The summed E-state index contributed by atoms with van der Waals surface area (Å²) in [5.74, 6) is 1.74. The van der Waals surface area contributed by atoms with E-state index in [9.17, 15) is 0 Å². The smallest absolute Gasteiger partial charge is 0.118 e. The lowest BCUT2D eigenvalue weighted by atomic mass is 9.85. The first-order chi connectivity index (χ1) is 9.65. The van der Waals surface area contributed by atoms with Crippen LogP contribution in [-0.2, 0) is 0 Å². The summed E-state index contributed by atoms with van der Waals surface area (Å²) >= 11 is 0. The Labute approximate surface area is 123 Å². The average Bonchev–Trinajstić information content (AvgIpc) is 2.48. The minimum absolute atomic E-state index is 0.302. The van der Waals surface area contributed by atoms with E-state index in [4.69, 9.17) is 10.5 Å². The van der Waals surface area contributed by atoms with Crippen LogP contribution >= 0.6 is 0 Å². The third-order valence-corrected chi connectivity index (χ3v) is 4.70. The van der Waals surface area contributed by atoms with Crippen LogP contribution in [-0.4, -0.2) is 31.6 Å². The van der Waals surface area contributed by atoms with E-state index in [1.165, 1.54) is 31.2 Å². The fourth-order valence-electron chi connectivity index (χ4n) is 3.39. The summed E-state index contributed by atoms with van der Waals surface area (Å²) < 4.78 is 5.23. The minimum Gasteiger partial charge on any atom is -0.497 e. The van der Waals surface area contributed by atoms with E-state index in [-0.39, 0.29) is 0 Å². The van der Waals surface area contributed by atoms with Crippen molar-refractivity contribution >= 4 is 0 Å². The van der Waals surface area contributed by atoms with Crippen LogP contribution in [0.15, 0.2) is 24.3 Å². The van der Waals surface area contributed by atoms with Crippen molar-refractivity contribution in [3.8, 4) is 5.75 Å². The minimum atomic E-state index is 0.302. The van der Waals surface area contributed by atoms with Crippen LogP contribution in [0.3, 0.4) is 0 Å². The molecule has 0 spiro atoms. The van der Waals surface area contributed by atoms with Crippen LogP contribution < -0.4 is 10.5 Å². The topological polar surface area (TPSA) is 38.5 Å². The van der Waals surface area contributed by atoms with Gasteiger partial charge >= 0.3 is 0 Å². The van der Waals surface area contributed by atoms with Crippen molar-refractivity contribution in [2.45, 2.75) is 44.7 Å². The summed E-state index contributed by atoms with van der Waals surface area (Å²) in [7, 11) is 3.93. The van der Waals surface area contributed by atoms with E-state index in [2.05, 4.69) is 31.0 Å². The zero-order valence-electron chi connectivity index (χ0n) is 13.0. The molecular weight excluding hydrogens is 248 g/mol. The highest BCUT2D eigenvalue weighted by Gasteiger charge is 2.27. The summed E-state index contributed by atoms with van der Waals surface area (Å²) in [6.45, 7) is 3.03. The lowest BCUT2D eigenvalue weighted by Crippen LogP contribution is -2.41. The third kappa shape index (κ3) is 3.53. The van der Waals surface area contributed by atoms with Crippen molar-refractivity contribution in [1.82, 2.24) is 4.90 Å². The zero-order chi connectivity index (χ0) is 14.5.